The Labute approximate surface area is 126 Å². The minimum Gasteiger partial charge on any atom is -0.490 e. The molecule has 0 fully saturated rings. The largest absolute Gasteiger partial charge is 0.490 e. The van der Waals surface area contributed by atoms with E-state index in [4.69, 9.17) is 19.2 Å². The Morgan fingerprint density at radius 3 is 2.82 bits per heavy atom. The van der Waals surface area contributed by atoms with E-state index in [2.05, 4.69) is 6.58 Å². The molecule has 0 N–H and O–H groups in total. The molecular formula is C16H13NO5. The molecule has 0 atom stereocenters. The summed E-state index contributed by atoms with van der Waals surface area (Å²) in [7, 11) is 0. The van der Waals surface area contributed by atoms with Crippen LogP contribution in [-0.4, -0.2) is 19.2 Å². The Bertz CT molecular complexity index is 829. The Morgan fingerprint density at radius 1 is 1.36 bits per heavy atom. The van der Waals surface area contributed by atoms with Crippen LogP contribution in [0.15, 0.2) is 45.6 Å². The standard InChI is InChI=1S/C16H13NO5/c1-10(2)15(18)21-6-5-20-13-4-3-11-7-12(9-17)16(19)22-14(11)8-13/h3-4,7-8H,1,5-6H2,2H3. The van der Waals surface area contributed by atoms with Crippen molar-refractivity contribution in [1.82, 2.24) is 0 Å². The van der Waals surface area contributed by atoms with E-state index in [1.54, 1.807) is 31.2 Å². The molecule has 2 rings (SSSR count). The molecule has 0 unspecified atom stereocenters. The summed E-state index contributed by atoms with van der Waals surface area (Å²) < 4.78 is 15.3. The van der Waals surface area contributed by atoms with Gasteiger partial charge in [0.05, 0.1) is 0 Å². The zero-order valence-electron chi connectivity index (χ0n) is 11.9. The summed E-state index contributed by atoms with van der Waals surface area (Å²) in [4.78, 5) is 22.7. The van der Waals surface area contributed by atoms with Crippen LogP contribution >= 0.6 is 0 Å². The van der Waals surface area contributed by atoms with Crippen LogP contribution in [0.5, 0.6) is 5.75 Å². The second-order valence-electron chi connectivity index (χ2n) is 4.52. The lowest BCUT2D eigenvalue weighted by atomic mass is 10.2. The van der Waals surface area contributed by atoms with Gasteiger partial charge in [-0.2, -0.15) is 5.26 Å². The number of ether oxygens (including phenoxy) is 2. The van der Waals surface area contributed by atoms with Gasteiger partial charge < -0.3 is 13.9 Å². The second-order valence-corrected chi connectivity index (χ2v) is 4.52. The Balaban J connectivity index is 2.04. The van der Waals surface area contributed by atoms with Crippen LogP contribution in [0.3, 0.4) is 0 Å². The van der Waals surface area contributed by atoms with Crippen LogP contribution in [0.25, 0.3) is 11.0 Å². The fraction of sp³-hybridized carbons (Fsp3) is 0.188. The number of hydrogen-bond donors (Lipinski definition) is 0. The van der Waals surface area contributed by atoms with Crippen molar-refractivity contribution in [2.45, 2.75) is 6.92 Å². The fourth-order valence-electron chi connectivity index (χ4n) is 1.68. The molecule has 0 aliphatic heterocycles. The van der Waals surface area contributed by atoms with E-state index in [-0.39, 0.29) is 18.8 Å². The van der Waals surface area contributed by atoms with Crippen LogP contribution in [0.4, 0.5) is 0 Å². The number of fused-ring (bicyclic) bond motifs is 1. The van der Waals surface area contributed by atoms with Crippen molar-refractivity contribution < 1.29 is 18.7 Å². The molecule has 0 amide bonds. The molecule has 6 heteroatoms. The third-order valence-electron chi connectivity index (χ3n) is 2.76. The number of esters is 1. The van der Waals surface area contributed by atoms with Crippen LogP contribution < -0.4 is 10.4 Å². The monoisotopic (exact) mass is 299 g/mol. The number of carbonyl (C=O) groups is 1. The third kappa shape index (κ3) is 3.52. The van der Waals surface area contributed by atoms with Gasteiger partial charge in [-0.3, -0.25) is 0 Å². The first-order valence-electron chi connectivity index (χ1n) is 6.44. The smallest absolute Gasteiger partial charge is 0.354 e. The second kappa shape index (κ2) is 6.59. The Kier molecular flexibility index (Phi) is 4.59. The molecular weight excluding hydrogens is 286 g/mol. The minimum absolute atomic E-state index is 0.0483. The zero-order chi connectivity index (χ0) is 16.1. The average molecular weight is 299 g/mol. The van der Waals surface area contributed by atoms with Crippen LogP contribution in [-0.2, 0) is 9.53 Å². The van der Waals surface area contributed by atoms with E-state index in [0.29, 0.717) is 22.3 Å². The maximum absolute atomic E-state index is 11.5. The Hall–Kier alpha value is -3.07. The van der Waals surface area contributed by atoms with Gasteiger partial charge in [0.2, 0.25) is 0 Å². The molecule has 0 aliphatic rings. The molecule has 1 heterocycles. The third-order valence-corrected chi connectivity index (χ3v) is 2.76. The number of nitriles is 1. The van der Waals surface area contributed by atoms with Crippen molar-refractivity contribution in [3.05, 3.63) is 52.4 Å². The lowest BCUT2D eigenvalue weighted by molar-refractivity contribution is -0.139. The maximum atomic E-state index is 11.5. The first kappa shape index (κ1) is 15.3. The molecule has 0 aliphatic carbocycles. The van der Waals surface area contributed by atoms with Gasteiger partial charge in [-0.05, 0) is 25.1 Å². The van der Waals surface area contributed by atoms with Gasteiger partial charge in [0, 0.05) is 17.0 Å². The van der Waals surface area contributed by atoms with Crippen molar-refractivity contribution in [3.63, 3.8) is 0 Å². The highest BCUT2D eigenvalue weighted by Crippen LogP contribution is 2.20. The number of carbonyl (C=O) groups excluding carboxylic acids is 1. The predicted octanol–water partition coefficient (Wildman–Crippen LogP) is 2.16. The number of benzene rings is 1. The van der Waals surface area contributed by atoms with E-state index in [0.717, 1.165) is 0 Å². The van der Waals surface area contributed by atoms with Crippen molar-refractivity contribution in [2.24, 2.45) is 0 Å². The highest BCUT2D eigenvalue weighted by Gasteiger charge is 2.06. The summed E-state index contributed by atoms with van der Waals surface area (Å²) in [6.07, 6.45) is 0. The summed E-state index contributed by atoms with van der Waals surface area (Å²) in [5.41, 5.74) is -0.100. The van der Waals surface area contributed by atoms with E-state index in [1.165, 1.54) is 6.07 Å². The van der Waals surface area contributed by atoms with Crippen LogP contribution in [0.2, 0.25) is 0 Å². The summed E-state index contributed by atoms with van der Waals surface area (Å²) in [5, 5.41) is 9.40. The highest BCUT2D eigenvalue weighted by atomic mass is 16.6. The number of nitrogens with zero attached hydrogens (tertiary/aromatic N) is 1. The topological polar surface area (TPSA) is 89.5 Å². The van der Waals surface area contributed by atoms with Gasteiger partial charge in [0.15, 0.2) is 0 Å². The van der Waals surface area contributed by atoms with Gasteiger partial charge in [0.1, 0.15) is 36.2 Å². The van der Waals surface area contributed by atoms with Crippen LogP contribution in [0, 0.1) is 11.3 Å². The fourth-order valence-corrected chi connectivity index (χ4v) is 1.68. The van der Waals surface area contributed by atoms with Gasteiger partial charge in [-0.1, -0.05) is 6.58 Å². The van der Waals surface area contributed by atoms with Crippen molar-refractivity contribution >= 4 is 16.9 Å². The number of hydrogen-bond acceptors (Lipinski definition) is 6. The van der Waals surface area contributed by atoms with E-state index < -0.39 is 11.6 Å². The molecule has 0 bridgehead atoms. The molecule has 22 heavy (non-hydrogen) atoms. The van der Waals surface area contributed by atoms with Crippen molar-refractivity contribution in [3.8, 4) is 11.8 Å². The van der Waals surface area contributed by atoms with Crippen LogP contribution in [0.1, 0.15) is 12.5 Å². The molecule has 1 aromatic carbocycles. The van der Waals surface area contributed by atoms with E-state index in [1.807, 2.05) is 0 Å². The van der Waals surface area contributed by atoms with Crippen molar-refractivity contribution in [2.75, 3.05) is 13.2 Å². The SMILES string of the molecule is C=C(C)C(=O)OCCOc1ccc2cc(C#N)c(=O)oc2c1. The molecule has 1 aromatic heterocycles. The Morgan fingerprint density at radius 2 is 2.14 bits per heavy atom. The minimum atomic E-state index is -0.692. The lowest BCUT2D eigenvalue weighted by Crippen LogP contribution is -2.12. The van der Waals surface area contributed by atoms with E-state index in [9.17, 15) is 9.59 Å². The van der Waals surface area contributed by atoms with E-state index >= 15 is 0 Å². The first-order valence-corrected chi connectivity index (χ1v) is 6.44. The molecule has 0 saturated heterocycles. The molecule has 0 saturated carbocycles. The molecule has 112 valence electrons. The summed E-state index contributed by atoms with van der Waals surface area (Å²) in [6, 6.07) is 8.11. The summed E-state index contributed by atoms with van der Waals surface area (Å²) in [5.74, 6) is -0.0103. The maximum Gasteiger partial charge on any atom is 0.354 e. The quantitative estimate of drug-likeness (QED) is 0.364. The molecule has 2 aromatic rings. The normalized spacial score (nSPS) is 10.0. The van der Waals surface area contributed by atoms with Gasteiger partial charge in [-0.25, -0.2) is 9.59 Å². The predicted molar refractivity (Wildman–Crippen MR) is 78.5 cm³/mol. The molecule has 6 nitrogen and oxygen atoms in total. The average Bonchev–Trinajstić information content (AvgIpc) is 2.50. The number of rotatable bonds is 5. The molecule has 0 spiro atoms. The zero-order valence-corrected chi connectivity index (χ0v) is 11.9. The van der Waals surface area contributed by atoms with Gasteiger partial charge in [-0.15, -0.1) is 0 Å². The molecule has 0 radical (unpaired) electrons. The van der Waals surface area contributed by atoms with Gasteiger partial charge in [0.25, 0.3) is 0 Å². The van der Waals surface area contributed by atoms with Crippen molar-refractivity contribution in [1.29, 1.82) is 5.26 Å². The van der Waals surface area contributed by atoms with Gasteiger partial charge >= 0.3 is 11.6 Å². The highest BCUT2D eigenvalue weighted by molar-refractivity contribution is 5.86. The summed E-state index contributed by atoms with van der Waals surface area (Å²) >= 11 is 0. The first-order chi connectivity index (χ1) is 10.5. The lowest BCUT2D eigenvalue weighted by Gasteiger charge is -2.07. The summed E-state index contributed by atoms with van der Waals surface area (Å²) in [6.45, 7) is 5.27.